The molecule has 0 aliphatic carbocycles. The van der Waals surface area contributed by atoms with Gasteiger partial charge in [0.15, 0.2) is 0 Å². The Balaban J connectivity index is 3.90. The predicted molar refractivity (Wildman–Crippen MR) is 123 cm³/mol. The molecule has 0 aliphatic heterocycles. The standard InChI is InChI=1S/C22H43NO2S2/c1-8-21(6,9-2)15-16-23-20(25)13-12-18(5)27-26-17-14-19(24)22(7,10-3)11-4/h18H,8-17H2,1-7H3,(H,23,25). The van der Waals surface area contributed by atoms with Crippen molar-refractivity contribution < 1.29 is 9.59 Å². The lowest BCUT2D eigenvalue weighted by atomic mass is 9.79. The molecule has 0 aliphatic rings. The second-order valence-electron chi connectivity index (χ2n) is 8.33. The fraction of sp³-hybridized carbons (Fsp3) is 0.909. The highest BCUT2D eigenvalue weighted by Crippen LogP contribution is 2.33. The fourth-order valence-corrected chi connectivity index (χ4v) is 5.16. The summed E-state index contributed by atoms with van der Waals surface area (Å²) in [6.45, 7) is 16.0. The van der Waals surface area contributed by atoms with E-state index in [1.807, 2.05) is 0 Å². The lowest BCUT2D eigenvalue weighted by Crippen LogP contribution is -2.29. The normalized spacial score (nSPS) is 13.4. The molecule has 3 nitrogen and oxygen atoms in total. The highest BCUT2D eigenvalue weighted by atomic mass is 33.1. The number of carbonyl (C=O) groups excluding carboxylic acids is 2. The van der Waals surface area contributed by atoms with E-state index in [0.717, 1.165) is 50.8 Å². The van der Waals surface area contributed by atoms with Crippen LogP contribution in [0.15, 0.2) is 0 Å². The van der Waals surface area contributed by atoms with Crippen molar-refractivity contribution in [2.75, 3.05) is 12.3 Å². The third-order valence-electron chi connectivity index (χ3n) is 6.41. The van der Waals surface area contributed by atoms with Gasteiger partial charge in [0.25, 0.3) is 0 Å². The molecule has 1 atom stereocenters. The van der Waals surface area contributed by atoms with E-state index in [1.165, 1.54) is 0 Å². The molecule has 1 N–H and O–H groups in total. The lowest BCUT2D eigenvalue weighted by molar-refractivity contribution is -0.127. The third-order valence-corrected chi connectivity index (χ3v) is 9.38. The monoisotopic (exact) mass is 417 g/mol. The molecule has 5 heteroatoms. The molecule has 0 aromatic rings. The first-order valence-electron chi connectivity index (χ1n) is 10.7. The van der Waals surface area contributed by atoms with Crippen LogP contribution >= 0.6 is 21.6 Å². The molecular formula is C22H43NO2S2. The van der Waals surface area contributed by atoms with E-state index < -0.39 is 0 Å². The van der Waals surface area contributed by atoms with Crippen LogP contribution in [0.1, 0.15) is 99.8 Å². The minimum atomic E-state index is -0.152. The van der Waals surface area contributed by atoms with E-state index in [0.29, 0.717) is 29.3 Å². The summed E-state index contributed by atoms with van der Waals surface area (Å²) in [5, 5.41) is 3.50. The number of nitrogens with one attached hydrogen (secondary N) is 1. The third kappa shape index (κ3) is 10.8. The van der Waals surface area contributed by atoms with E-state index >= 15 is 0 Å². The Labute approximate surface area is 176 Å². The summed E-state index contributed by atoms with van der Waals surface area (Å²) < 4.78 is 0. The van der Waals surface area contributed by atoms with Crippen molar-refractivity contribution in [2.45, 2.75) is 105 Å². The zero-order valence-corrected chi connectivity index (χ0v) is 20.4. The van der Waals surface area contributed by atoms with Gasteiger partial charge in [0, 0.05) is 35.8 Å². The average Bonchev–Trinajstić information content (AvgIpc) is 2.68. The summed E-state index contributed by atoms with van der Waals surface area (Å²) in [5.41, 5.74) is 0.191. The van der Waals surface area contributed by atoms with E-state index in [9.17, 15) is 9.59 Å². The molecule has 0 heterocycles. The van der Waals surface area contributed by atoms with Gasteiger partial charge in [0.05, 0.1) is 0 Å². The summed E-state index contributed by atoms with van der Waals surface area (Å²) in [6, 6.07) is 0. The maximum absolute atomic E-state index is 12.3. The number of hydrogen-bond donors (Lipinski definition) is 1. The van der Waals surface area contributed by atoms with E-state index in [2.05, 4.69) is 53.8 Å². The van der Waals surface area contributed by atoms with Crippen molar-refractivity contribution in [2.24, 2.45) is 10.8 Å². The SMILES string of the molecule is CCC(C)(CC)CCNC(=O)CCC(C)SSCCC(=O)C(C)(CC)CC. The van der Waals surface area contributed by atoms with Crippen LogP contribution in [0.5, 0.6) is 0 Å². The molecular weight excluding hydrogens is 374 g/mol. The number of amides is 1. The van der Waals surface area contributed by atoms with Crippen LogP contribution in [0.4, 0.5) is 0 Å². The minimum Gasteiger partial charge on any atom is -0.356 e. The van der Waals surface area contributed by atoms with E-state index in [4.69, 9.17) is 0 Å². The molecule has 0 saturated carbocycles. The molecule has 0 spiro atoms. The van der Waals surface area contributed by atoms with Crippen LogP contribution in [0.2, 0.25) is 0 Å². The molecule has 0 bridgehead atoms. The van der Waals surface area contributed by atoms with Gasteiger partial charge in [-0.05, 0) is 31.1 Å². The second-order valence-corrected chi connectivity index (χ2v) is 11.3. The van der Waals surface area contributed by atoms with Crippen molar-refractivity contribution in [3.8, 4) is 0 Å². The van der Waals surface area contributed by atoms with Crippen LogP contribution in [-0.4, -0.2) is 29.2 Å². The fourth-order valence-electron chi connectivity index (χ4n) is 2.82. The zero-order chi connectivity index (χ0) is 20.9. The first-order valence-corrected chi connectivity index (χ1v) is 13.1. The van der Waals surface area contributed by atoms with Crippen molar-refractivity contribution in [3.63, 3.8) is 0 Å². The van der Waals surface area contributed by atoms with Crippen LogP contribution in [-0.2, 0) is 9.59 Å². The average molecular weight is 418 g/mol. The first-order chi connectivity index (χ1) is 12.7. The summed E-state index contributed by atoms with van der Waals surface area (Å²) in [4.78, 5) is 24.4. The number of Topliss-reactive ketones (excluding diaryl/α,β-unsaturated/α-hetero) is 1. The highest BCUT2D eigenvalue weighted by molar-refractivity contribution is 8.76. The molecule has 0 saturated heterocycles. The molecule has 1 unspecified atom stereocenters. The first kappa shape index (κ1) is 26.8. The Morgan fingerprint density at radius 1 is 0.963 bits per heavy atom. The number of hydrogen-bond acceptors (Lipinski definition) is 4. The molecule has 0 fully saturated rings. The Hall–Kier alpha value is -0.160. The van der Waals surface area contributed by atoms with Gasteiger partial charge in [-0.2, -0.15) is 0 Å². The summed E-state index contributed by atoms with van der Waals surface area (Å²) in [5.74, 6) is 1.42. The number of carbonyl (C=O) groups is 2. The maximum atomic E-state index is 12.3. The topological polar surface area (TPSA) is 46.2 Å². The Bertz CT molecular complexity index is 432. The van der Waals surface area contributed by atoms with Crippen LogP contribution < -0.4 is 5.32 Å². The van der Waals surface area contributed by atoms with Crippen molar-refractivity contribution >= 4 is 33.3 Å². The second kappa shape index (κ2) is 13.9. The maximum Gasteiger partial charge on any atom is 0.220 e. The Morgan fingerprint density at radius 3 is 2.07 bits per heavy atom. The van der Waals surface area contributed by atoms with Crippen molar-refractivity contribution in [1.82, 2.24) is 5.32 Å². The van der Waals surface area contributed by atoms with Crippen LogP contribution in [0.25, 0.3) is 0 Å². The summed E-state index contributed by atoms with van der Waals surface area (Å²) >= 11 is 0. The molecule has 0 aromatic carbocycles. The molecule has 1 amide bonds. The van der Waals surface area contributed by atoms with Gasteiger partial charge in [-0.3, -0.25) is 9.59 Å². The number of ketones is 1. The van der Waals surface area contributed by atoms with E-state index in [1.54, 1.807) is 21.6 Å². The van der Waals surface area contributed by atoms with Gasteiger partial charge < -0.3 is 5.32 Å². The Morgan fingerprint density at radius 2 is 1.56 bits per heavy atom. The number of rotatable bonds is 16. The highest BCUT2D eigenvalue weighted by Gasteiger charge is 2.28. The molecule has 0 rings (SSSR count). The Kier molecular flexibility index (Phi) is 13.8. The zero-order valence-electron chi connectivity index (χ0n) is 18.8. The van der Waals surface area contributed by atoms with Gasteiger partial charge in [-0.1, -0.05) is 82.9 Å². The van der Waals surface area contributed by atoms with Gasteiger partial charge in [-0.25, -0.2) is 0 Å². The smallest absolute Gasteiger partial charge is 0.220 e. The summed E-state index contributed by atoms with van der Waals surface area (Å²) in [6.07, 6.45) is 7.32. The molecule has 0 radical (unpaired) electrons. The molecule has 160 valence electrons. The quantitative estimate of drug-likeness (QED) is 0.225. The van der Waals surface area contributed by atoms with Gasteiger partial charge in [0.1, 0.15) is 5.78 Å². The van der Waals surface area contributed by atoms with Crippen LogP contribution in [0.3, 0.4) is 0 Å². The van der Waals surface area contributed by atoms with Crippen molar-refractivity contribution in [3.05, 3.63) is 0 Å². The summed E-state index contributed by atoms with van der Waals surface area (Å²) in [7, 11) is 3.58. The minimum absolute atomic E-state index is 0.152. The largest absolute Gasteiger partial charge is 0.356 e. The molecule has 0 aromatic heterocycles. The van der Waals surface area contributed by atoms with Crippen molar-refractivity contribution in [1.29, 1.82) is 0 Å². The lowest BCUT2D eigenvalue weighted by Gasteiger charge is -2.26. The predicted octanol–water partition coefficient (Wildman–Crippen LogP) is 6.65. The van der Waals surface area contributed by atoms with Gasteiger partial charge in [-0.15, -0.1) is 0 Å². The van der Waals surface area contributed by atoms with E-state index in [-0.39, 0.29) is 11.3 Å². The van der Waals surface area contributed by atoms with Crippen LogP contribution in [0, 0.1) is 10.8 Å². The van der Waals surface area contributed by atoms with Gasteiger partial charge >= 0.3 is 0 Å². The van der Waals surface area contributed by atoms with Gasteiger partial charge in [0.2, 0.25) is 5.91 Å². The molecule has 27 heavy (non-hydrogen) atoms.